The number of thioether (sulfide) groups is 1. The third kappa shape index (κ3) is 6.78. The number of carbonyl (C=O) groups is 2. The van der Waals surface area contributed by atoms with Crippen LogP contribution in [0.25, 0.3) is 0 Å². The average molecular weight is 458 g/mol. The Morgan fingerprint density at radius 3 is 2.39 bits per heavy atom. The number of pyridine rings is 2. The van der Waals surface area contributed by atoms with Crippen molar-refractivity contribution < 1.29 is 9.59 Å². The topological polar surface area (TPSA) is 110 Å². The van der Waals surface area contributed by atoms with E-state index in [1.807, 2.05) is 32.0 Å². The Balaban J connectivity index is 0.00000341. The van der Waals surface area contributed by atoms with E-state index in [9.17, 15) is 9.59 Å². The monoisotopic (exact) mass is 457 g/mol. The maximum atomic E-state index is 13.0. The predicted octanol–water partition coefficient (Wildman–Crippen LogP) is 3.63. The van der Waals surface area contributed by atoms with Crippen LogP contribution in [0.5, 0.6) is 0 Å². The van der Waals surface area contributed by atoms with E-state index in [1.165, 1.54) is 11.8 Å². The summed E-state index contributed by atoms with van der Waals surface area (Å²) in [5.41, 5.74) is 9.56. The molecule has 1 aromatic carbocycles. The standard InChI is InChI=1S/C22H23N5O2S.ClH/c1-14-10-15(2)12-17(11-14)26-20(29)18-4-3-7-25-22(18)30-21(27-19(28)13-23)16-5-8-24-9-6-16;/h3-12,21H,13,23H2,1-2H3,(H,26,29)(H,27,28);1H. The Morgan fingerprint density at radius 1 is 1.06 bits per heavy atom. The fraction of sp³-hybridized carbons (Fsp3) is 0.182. The summed E-state index contributed by atoms with van der Waals surface area (Å²) < 4.78 is 0. The van der Waals surface area contributed by atoms with Crippen LogP contribution in [-0.4, -0.2) is 28.3 Å². The maximum absolute atomic E-state index is 13.0. The van der Waals surface area contributed by atoms with Crippen molar-refractivity contribution in [1.29, 1.82) is 0 Å². The molecule has 1 atom stereocenters. The molecule has 2 amide bonds. The van der Waals surface area contributed by atoms with E-state index in [4.69, 9.17) is 5.73 Å². The molecule has 0 aliphatic carbocycles. The zero-order valence-electron chi connectivity index (χ0n) is 17.2. The summed E-state index contributed by atoms with van der Waals surface area (Å²) in [6.45, 7) is 3.82. The molecule has 9 heteroatoms. The number of halogens is 1. The molecule has 1 unspecified atom stereocenters. The lowest BCUT2D eigenvalue weighted by atomic mass is 10.1. The van der Waals surface area contributed by atoms with Gasteiger partial charge in [-0.25, -0.2) is 4.98 Å². The van der Waals surface area contributed by atoms with Crippen LogP contribution in [0.3, 0.4) is 0 Å². The molecule has 0 spiro atoms. The summed E-state index contributed by atoms with van der Waals surface area (Å²) in [6, 6.07) is 12.9. The molecule has 7 nitrogen and oxygen atoms in total. The van der Waals surface area contributed by atoms with Crippen molar-refractivity contribution in [1.82, 2.24) is 15.3 Å². The minimum Gasteiger partial charge on any atom is -0.339 e. The molecule has 2 heterocycles. The first-order chi connectivity index (χ1) is 14.5. The zero-order valence-corrected chi connectivity index (χ0v) is 18.8. The van der Waals surface area contributed by atoms with Gasteiger partial charge in [-0.15, -0.1) is 12.4 Å². The molecule has 3 rings (SSSR count). The number of rotatable bonds is 7. The number of nitrogens with one attached hydrogen (secondary N) is 2. The van der Waals surface area contributed by atoms with Gasteiger partial charge in [0.2, 0.25) is 5.91 Å². The number of nitrogens with zero attached hydrogens (tertiary/aromatic N) is 2. The molecule has 0 saturated carbocycles. The second kappa shape index (κ2) is 11.5. The Bertz CT molecular complexity index is 1030. The number of anilines is 1. The summed E-state index contributed by atoms with van der Waals surface area (Å²) in [5.74, 6) is -0.573. The summed E-state index contributed by atoms with van der Waals surface area (Å²) in [4.78, 5) is 33.3. The van der Waals surface area contributed by atoms with Crippen molar-refractivity contribution in [3.8, 4) is 0 Å². The molecule has 0 radical (unpaired) electrons. The maximum Gasteiger partial charge on any atom is 0.258 e. The van der Waals surface area contributed by atoms with Crippen molar-refractivity contribution in [2.45, 2.75) is 24.2 Å². The van der Waals surface area contributed by atoms with Crippen LogP contribution in [0.2, 0.25) is 0 Å². The molecule has 0 aliphatic rings. The number of aromatic nitrogens is 2. The Labute approximate surface area is 191 Å². The lowest BCUT2D eigenvalue weighted by molar-refractivity contribution is -0.119. The van der Waals surface area contributed by atoms with Gasteiger partial charge in [-0.2, -0.15) is 0 Å². The van der Waals surface area contributed by atoms with Crippen LogP contribution in [0.4, 0.5) is 5.69 Å². The van der Waals surface area contributed by atoms with Crippen LogP contribution < -0.4 is 16.4 Å². The molecular weight excluding hydrogens is 434 g/mol. The van der Waals surface area contributed by atoms with E-state index in [1.54, 1.807) is 42.9 Å². The zero-order chi connectivity index (χ0) is 21.5. The summed E-state index contributed by atoms with van der Waals surface area (Å²) in [5, 5.41) is 5.83. The van der Waals surface area contributed by atoms with Crippen LogP contribution in [0.15, 0.2) is 66.1 Å². The van der Waals surface area contributed by atoms with Gasteiger partial charge in [0, 0.05) is 24.3 Å². The molecule has 162 valence electrons. The molecule has 0 fully saturated rings. The fourth-order valence-electron chi connectivity index (χ4n) is 2.94. The Kier molecular flexibility index (Phi) is 8.99. The molecular formula is C22H24ClN5O2S. The van der Waals surface area contributed by atoms with Gasteiger partial charge in [0.1, 0.15) is 10.4 Å². The number of benzene rings is 1. The van der Waals surface area contributed by atoms with Gasteiger partial charge in [0.05, 0.1) is 12.1 Å². The molecule has 0 saturated heterocycles. The van der Waals surface area contributed by atoms with Gasteiger partial charge in [-0.05, 0) is 66.9 Å². The number of aryl methyl sites for hydroxylation is 2. The smallest absolute Gasteiger partial charge is 0.258 e. The molecule has 2 aromatic heterocycles. The van der Waals surface area contributed by atoms with E-state index in [0.29, 0.717) is 10.6 Å². The minimum atomic E-state index is -0.466. The Hall–Kier alpha value is -2.94. The van der Waals surface area contributed by atoms with E-state index >= 15 is 0 Å². The lowest BCUT2D eigenvalue weighted by Crippen LogP contribution is -2.32. The van der Waals surface area contributed by atoms with Gasteiger partial charge >= 0.3 is 0 Å². The van der Waals surface area contributed by atoms with Crippen molar-refractivity contribution in [3.63, 3.8) is 0 Å². The van der Waals surface area contributed by atoms with Crippen LogP contribution in [0.1, 0.15) is 32.4 Å². The number of hydrogen-bond donors (Lipinski definition) is 3. The molecule has 0 aliphatic heterocycles. The highest BCUT2D eigenvalue weighted by atomic mass is 35.5. The van der Waals surface area contributed by atoms with Crippen molar-refractivity contribution >= 4 is 41.7 Å². The largest absolute Gasteiger partial charge is 0.339 e. The second-order valence-electron chi connectivity index (χ2n) is 6.74. The Morgan fingerprint density at radius 2 is 1.74 bits per heavy atom. The number of amides is 2. The van der Waals surface area contributed by atoms with E-state index in [2.05, 4.69) is 20.6 Å². The minimum absolute atomic E-state index is 0. The van der Waals surface area contributed by atoms with E-state index < -0.39 is 5.37 Å². The van der Waals surface area contributed by atoms with Gasteiger partial charge in [0.25, 0.3) is 5.91 Å². The number of nitrogens with two attached hydrogens (primary N) is 1. The third-order valence-corrected chi connectivity index (χ3v) is 5.39. The first kappa shape index (κ1) is 24.3. The highest BCUT2D eigenvalue weighted by Gasteiger charge is 2.21. The van der Waals surface area contributed by atoms with E-state index in [-0.39, 0.29) is 30.8 Å². The van der Waals surface area contributed by atoms with Crippen LogP contribution in [0, 0.1) is 13.8 Å². The fourth-order valence-corrected chi connectivity index (χ4v) is 4.05. The summed E-state index contributed by atoms with van der Waals surface area (Å²) in [6.07, 6.45) is 4.90. The molecule has 4 N–H and O–H groups in total. The molecule has 31 heavy (non-hydrogen) atoms. The van der Waals surface area contributed by atoms with Crippen molar-refractivity contribution in [2.24, 2.45) is 5.73 Å². The third-order valence-electron chi connectivity index (χ3n) is 4.21. The quantitative estimate of drug-likeness (QED) is 0.369. The van der Waals surface area contributed by atoms with Gasteiger partial charge in [0.15, 0.2) is 0 Å². The van der Waals surface area contributed by atoms with Crippen LogP contribution >= 0.6 is 24.2 Å². The van der Waals surface area contributed by atoms with Gasteiger partial charge < -0.3 is 16.4 Å². The number of hydrogen-bond acceptors (Lipinski definition) is 6. The summed E-state index contributed by atoms with van der Waals surface area (Å²) in [7, 11) is 0. The molecule has 0 bridgehead atoms. The average Bonchev–Trinajstić information content (AvgIpc) is 2.73. The highest BCUT2D eigenvalue weighted by molar-refractivity contribution is 7.99. The molecule has 3 aromatic rings. The van der Waals surface area contributed by atoms with Gasteiger partial charge in [-0.1, -0.05) is 17.8 Å². The highest BCUT2D eigenvalue weighted by Crippen LogP contribution is 2.34. The number of carbonyl (C=O) groups excluding carboxylic acids is 2. The first-order valence-corrected chi connectivity index (χ1v) is 10.2. The summed E-state index contributed by atoms with van der Waals surface area (Å²) >= 11 is 1.27. The first-order valence-electron chi connectivity index (χ1n) is 9.37. The van der Waals surface area contributed by atoms with Crippen molar-refractivity contribution in [2.75, 3.05) is 11.9 Å². The van der Waals surface area contributed by atoms with E-state index in [0.717, 1.165) is 22.4 Å². The van der Waals surface area contributed by atoms with Gasteiger partial charge in [-0.3, -0.25) is 14.6 Å². The second-order valence-corrected chi connectivity index (χ2v) is 7.83. The van der Waals surface area contributed by atoms with Crippen LogP contribution in [-0.2, 0) is 4.79 Å². The van der Waals surface area contributed by atoms with Crippen molar-refractivity contribution in [3.05, 3.63) is 83.3 Å². The SMILES string of the molecule is Cc1cc(C)cc(NC(=O)c2cccnc2SC(NC(=O)CN)c2ccncc2)c1.Cl. The normalized spacial score (nSPS) is 11.2. The predicted molar refractivity (Wildman–Crippen MR) is 125 cm³/mol. The lowest BCUT2D eigenvalue weighted by Gasteiger charge is -2.19.